The lowest BCUT2D eigenvalue weighted by atomic mass is 10.2. The fourth-order valence-corrected chi connectivity index (χ4v) is 2.28. The molecule has 1 N–H and O–H groups in total. The Kier molecular flexibility index (Phi) is 6.37. The van der Waals surface area contributed by atoms with Crippen molar-refractivity contribution in [2.45, 2.75) is 26.7 Å². The third kappa shape index (κ3) is 5.09. The number of halogens is 1. The first-order valence-corrected chi connectivity index (χ1v) is 8.15. The minimum absolute atomic E-state index is 0.0482. The average Bonchev–Trinajstić information content (AvgIpc) is 2.96. The topological polar surface area (TPSA) is 75.4 Å². The van der Waals surface area contributed by atoms with Gasteiger partial charge in [-0.25, -0.2) is 0 Å². The van der Waals surface area contributed by atoms with Gasteiger partial charge in [0.05, 0.1) is 0 Å². The number of aryl methyl sites for hydroxylation is 1. The summed E-state index contributed by atoms with van der Waals surface area (Å²) in [6, 6.07) is 8.25. The maximum Gasteiger partial charge on any atom is 0.254 e. The molecule has 1 heterocycles. The van der Waals surface area contributed by atoms with Gasteiger partial charge in [-0.1, -0.05) is 30.1 Å². The van der Waals surface area contributed by atoms with Gasteiger partial charge in [0.25, 0.3) is 5.91 Å². The molecule has 0 aliphatic rings. The second kappa shape index (κ2) is 8.49. The molecule has 128 valence electrons. The van der Waals surface area contributed by atoms with Gasteiger partial charge in [0, 0.05) is 23.2 Å². The Morgan fingerprint density at radius 2 is 2.00 bits per heavy atom. The van der Waals surface area contributed by atoms with Gasteiger partial charge in [0.2, 0.25) is 5.91 Å². The van der Waals surface area contributed by atoms with Crippen LogP contribution in [0, 0.1) is 6.92 Å². The number of carbonyl (C=O) groups excluding carboxylic acids is 2. The van der Waals surface area contributed by atoms with Gasteiger partial charge in [0.15, 0.2) is 5.82 Å². The number of carbonyl (C=O) groups is 2. The summed E-state index contributed by atoms with van der Waals surface area (Å²) < 4.78 is 4.91. The smallest absolute Gasteiger partial charge is 0.254 e. The summed E-state index contributed by atoms with van der Waals surface area (Å²) in [5.41, 5.74) is 0.501. The monoisotopic (exact) mass is 349 g/mol. The van der Waals surface area contributed by atoms with E-state index in [2.05, 4.69) is 10.5 Å². The van der Waals surface area contributed by atoms with Crippen molar-refractivity contribution in [1.82, 2.24) is 10.1 Å². The maximum absolute atomic E-state index is 12.6. The largest absolute Gasteiger partial charge is 0.360 e. The van der Waals surface area contributed by atoms with E-state index in [1.54, 1.807) is 37.3 Å². The zero-order valence-electron chi connectivity index (χ0n) is 13.7. The third-order valence-electron chi connectivity index (χ3n) is 3.39. The summed E-state index contributed by atoms with van der Waals surface area (Å²) in [5, 5.41) is 6.90. The molecule has 7 heteroatoms. The molecule has 0 saturated heterocycles. The highest BCUT2D eigenvalue weighted by molar-refractivity contribution is 6.30. The van der Waals surface area contributed by atoms with Crippen LogP contribution in [0.3, 0.4) is 0 Å². The van der Waals surface area contributed by atoms with Crippen molar-refractivity contribution in [3.63, 3.8) is 0 Å². The van der Waals surface area contributed by atoms with Crippen LogP contribution in [0.4, 0.5) is 5.82 Å². The fourth-order valence-electron chi connectivity index (χ4n) is 2.16. The zero-order chi connectivity index (χ0) is 17.5. The quantitative estimate of drug-likeness (QED) is 0.829. The van der Waals surface area contributed by atoms with Crippen LogP contribution in [0.5, 0.6) is 0 Å². The molecule has 0 unspecified atom stereocenters. The van der Waals surface area contributed by atoms with Crippen LogP contribution in [0.1, 0.15) is 35.9 Å². The Labute approximate surface area is 145 Å². The summed E-state index contributed by atoms with van der Waals surface area (Å²) in [6.07, 6.45) is 1.74. The number of nitrogens with one attached hydrogen (secondary N) is 1. The van der Waals surface area contributed by atoms with Gasteiger partial charge in [0.1, 0.15) is 12.3 Å². The minimum Gasteiger partial charge on any atom is -0.360 e. The first-order valence-electron chi connectivity index (χ1n) is 7.77. The van der Waals surface area contributed by atoms with E-state index in [4.69, 9.17) is 16.1 Å². The van der Waals surface area contributed by atoms with Crippen molar-refractivity contribution in [1.29, 1.82) is 0 Å². The Hall–Kier alpha value is -2.34. The molecule has 0 fully saturated rings. The average molecular weight is 350 g/mol. The molecule has 0 atom stereocenters. The van der Waals surface area contributed by atoms with Gasteiger partial charge in [-0.15, -0.1) is 0 Å². The van der Waals surface area contributed by atoms with Gasteiger partial charge < -0.3 is 14.7 Å². The number of benzene rings is 1. The van der Waals surface area contributed by atoms with E-state index in [9.17, 15) is 9.59 Å². The van der Waals surface area contributed by atoms with E-state index in [0.717, 1.165) is 12.8 Å². The highest BCUT2D eigenvalue weighted by atomic mass is 35.5. The third-order valence-corrected chi connectivity index (χ3v) is 3.64. The zero-order valence-corrected chi connectivity index (χ0v) is 14.5. The Morgan fingerprint density at radius 3 is 2.58 bits per heavy atom. The number of aromatic nitrogens is 1. The number of hydrogen-bond donors (Lipinski definition) is 1. The van der Waals surface area contributed by atoms with E-state index in [-0.39, 0.29) is 18.4 Å². The number of hydrogen-bond acceptors (Lipinski definition) is 4. The summed E-state index contributed by atoms with van der Waals surface area (Å²) >= 11 is 5.85. The summed E-state index contributed by atoms with van der Waals surface area (Å²) in [7, 11) is 0. The standard InChI is InChI=1S/C17H20ClN3O3/c1-3-4-9-21(17(23)13-5-7-14(18)8-6-13)11-16(22)19-15-10-12(2)24-20-15/h5-8,10H,3-4,9,11H2,1-2H3,(H,19,20,22). The van der Waals surface area contributed by atoms with Crippen molar-refractivity contribution in [2.75, 3.05) is 18.4 Å². The molecule has 2 rings (SSSR count). The second-order valence-corrected chi connectivity index (χ2v) is 5.89. The van der Waals surface area contributed by atoms with Crippen molar-refractivity contribution in [3.05, 3.63) is 46.7 Å². The molecule has 6 nitrogen and oxygen atoms in total. The number of amides is 2. The lowest BCUT2D eigenvalue weighted by Gasteiger charge is -2.22. The van der Waals surface area contributed by atoms with Crippen LogP contribution >= 0.6 is 11.6 Å². The van der Waals surface area contributed by atoms with Crippen LogP contribution in [-0.4, -0.2) is 35.0 Å². The first kappa shape index (κ1) is 18.0. The van der Waals surface area contributed by atoms with Gasteiger partial charge >= 0.3 is 0 Å². The number of rotatable bonds is 7. The fraction of sp³-hybridized carbons (Fsp3) is 0.353. The minimum atomic E-state index is -0.318. The molecule has 0 spiro atoms. The van der Waals surface area contributed by atoms with Crippen molar-refractivity contribution < 1.29 is 14.1 Å². The van der Waals surface area contributed by atoms with E-state index in [1.165, 1.54) is 4.90 Å². The van der Waals surface area contributed by atoms with Crippen LogP contribution < -0.4 is 5.32 Å². The number of unbranched alkanes of at least 4 members (excludes halogenated alkanes) is 1. The molecule has 1 aromatic heterocycles. The van der Waals surface area contributed by atoms with Crippen LogP contribution in [0.25, 0.3) is 0 Å². The van der Waals surface area contributed by atoms with Crippen LogP contribution in [0.2, 0.25) is 5.02 Å². The molecule has 0 aliphatic heterocycles. The van der Waals surface area contributed by atoms with Gasteiger partial charge in [-0.3, -0.25) is 9.59 Å². The first-order chi connectivity index (χ1) is 11.5. The Balaban J connectivity index is 2.05. The number of anilines is 1. The summed E-state index contributed by atoms with van der Waals surface area (Å²) in [4.78, 5) is 26.3. The maximum atomic E-state index is 12.6. The summed E-state index contributed by atoms with van der Waals surface area (Å²) in [6.45, 7) is 4.22. The molecule has 0 saturated carbocycles. The normalized spacial score (nSPS) is 10.5. The molecular weight excluding hydrogens is 330 g/mol. The Morgan fingerprint density at radius 1 is 1.29 bits per heavy atom. The molecule has 0 aliphatic carbocycles. The van der Waals surface area contributed by atoms with Gasteiger partial charge in [-0.05, 0) is 37.6 Å². The lowest BCUT2D eigenvalue weighted by Crippen LogP contribution is -2.38. The van der Waals surface area contributed by atoms with Crippen LogP contribution in [-0.2, 0) is 4.79 Å². The highest BCUT2D eigenvalue weighted by Crippen LogP contribution is 2.13. The van der Waals surface area contributed by atoms with Crippen LogP contribution in [0.15, 0.2) is 34.9 Å². The van der Waals surface area contributed by atoms with Gasteiger partial charge in [-0.2, -0.15) is 0 Å². The van der Waals surface area contributed by atoms with E-state index >= 15 is 0 Å². The molecule has 0 bridgehead atoms. The SMILES string of the molecule is CCCCN(CC(=O)Nc1cc(C)on1)C(=O)c1ccc(Cl)cc1. The van der Waals surface area contributed by atoms with Crippen molar-refractivity contribution in [2.24, 2.45) is 0 Å². The predicted octanol–water partition coefficient (Wildman–Crippen LogP) is 3.52. The summed E-state index contributed by atoms with van der Waals surface area (Å²) in [5.74, 6) is 0.422. The molecular formula is C17H20ClN3O3. The second-order valence-electron chi connectivity index (χ2n) is 5.46. The Bertz CT molecular complexity index is 697. The van der Waals surface area contributed by atoms with E-state index in [0.29, 0.717) is 28.7 Å². The van der Waals surface area contributed by atoms with E-state index in [1.807, 2.05) is 6.92 Å². The molecule has 24 heavy (non-hydrogen) atoms. The predicted molar refractivity (Wildman–Crippen MR) is 92.1 cm³/mol. The van der Waals surface area contributed by atoms with Crippen molar-refractivity contribution in [3.8, 4) is 0 Å². The number of nitrogens with zero attached hydrogens (tertiary/aromatic N) is 2. The van der Waals surface area contributed by atoms with Crippen molar-refractivity contribution >= 4 is 29.2 Å². The lowest BCUT2D eigenvalue weighted by molar-refractivity contribution is -0.117. The molecule has 1 aromatic carbocycles. The molecule has 0 radical (unpaired) electrons. The molecule has 2 aromatic rings. The highest BCUT2D eigenvalue weighted by Gasteiger charge is 2.19. The molecule has 2 amide bonds. The van der Waals surface area contributed by atoms with E-state index < -0.39 is 0 Å².